The van der Waals surface area contributed by atoms with Crippen LogP contribution in [0.3, 0.4) is 0 Å². The number of aliphatic hydroxyl groups excluding tert-OH is 1. The van der Waals surface area contributed by atoms with Crippen molar-refractivity contribution in [3.05, 3.63) is 34.4 Å². The summed E-state index contributed by atoms with van der Waals surface area (Å²) in [5.74, 6) is 1.00. The Hall–Kier alpha value is -4.21. The largest absolute Gasteiger partial charge is 0.473 e. The van der Waals surface area contributed by atoms with Gasteiger partial charge in [-0.25, -0.2) is 4.68 Å². The molecule has 0 amide bonds. The molecule has 0 radical (unpaired) electrons. The summed E-state index contributed by atoms with van der Waals surface area (Å²) in [5.41, 5.74) is 6.42. The number of aromatic amines is 1. The Kier molecular flexibility index (Phi) is 7.60. The molecule has 12 heteroatoms. The molecule has 0 aromatic carbocycles. The monoisotopic (exact) mass is 545 g/mol. The molecule has 210 valence electrons. The third-order valence-corrected chi connectivity index (χ3v) is 7.21. The van der Waals surface area contributed by atoms with Crippen LogP contribution in [0.5, 0.6) is 11.8 Å². The van der Waals surface area contributed by atoms with E-state index < -0.39 is 0 Å². The molecule has 0 fully saturated rings. The fraction of sp³-hybridized carbons (Fsp3) is 0.464. The second-order valence-corrected chi connectivity index (χ2v) is 10.2. The minimum Gasteiger partial charge on any atom is -0.473 e. The minimum absolute atomic E-state index is 0.0932. The fourth-order valence-corrected chi connectivity index (χ4v) is 5.22. The van der Waals surface area contributed by atoms with E-state index in [1.54, 1.807) is 9.36 Å². The third-order valence-electron chi connectivity index (χ3n) is 7.21. The van der Waals surface area contributed by atoms with Crippen LogP contribution in [0.2, 0.25) is 0 Å². The van der Waals surface area contributed by atoms with Gasteiger partial charge in [-0.1, -0.05) is 6.92 Å². The molecule has 1 aliphatic heterocycles. The van der Waals surface area contributed by atoms with Crippen molar-refractivity contribution in [3.8, 4) is 29.1 Å². The van der Waals surface area contributed by atoms with E-state index in [0.29, 0.717) is 24.8 Å². The van der Waals surface area contributed by atoms with Crippen molar-refractivity contribution in [1.29, 1.82) is 5.26 Å². The van der Waals surface area contributed by atoms with Gasteiger partial charge in [0.1, 0.15) is 17.7 Å². The normalized spacial score (nSPS) is 17.4. The van der Waals surface area contributed by atoms with Crippen LogP contribution >= 0.6 is 0 Å². The zero-order valence-corrected chi connectivity index (χ0v) is 23.8. The van der Waals surface area contributed by atoms with Crippen LogP contribution in [0, 0.1) is 25.2 Å². The Labute approximate surface area is 232 Å². The van der Waals surface area contributed by atoms with Gasteiger partial charge >= 0.3 is 0 Å². The molecule has 5 heterocycles. The van der Waals surface area contributed by atoms with Crippen LogP contribution < -0.4 is 9.47 Å². The Morgan fingerprint density at radius 2 is 2.08 bits per heavy atom. The van der Waals surface area contributed by atoms with Gasteiger partial charge in [-0.2, -0.15) is 15.5 Å². The molecular weight excluding hydrogens is 510 g/mol. The van der Waals surface area contributed by atoms with Crippen molar-refractivity contribution < 1.29 is 14.6 Å². The summed E-state index contributed by atoms with van der Waals surface area (Å²) in [7, 11) is 1.88. The van der Waals surface area contributed by atoms with E-state index >= 15 is 0 Å². The Bertz CT molecular complexity index is 1610. The van der Waals surface area contributed by atoms with E-state index in [9.17, 15) is 10.4 Å². The van der Waals surface area contributed by atoms with Crippen molar-refractivity contribution in [2.75, 3.05) is 26.3 Å². The predicted molar refractivity (Wildman–Crippen MR) is 151 cm³/mol. The molecule has 12 nitrogen and oxygen atoms in total. The van der Waals surface area contributed by atoms with Crippen molar-refractivity contribution in [2.45, 2.75) is 53.3 Å². The molecule has 2 atom stereocenters. The molecular formula is C28H35N9O3. The number of pyridine rings is 1. The first-order chi connectivity index (χ1) is 19.2. The fourth-order valence-electron chi connectivity index (χ4n) is 5.22. The maximum absolute atomic E-state index is 10.0. The standard InChI is InChI=1S/C28H35N9O3/c1-7-36-13-17(3)40-28-25(18(4)33-35(28)6)23-12-21-22(31-32-26(21)19(5)30-23)9-8-20-24(14-36)37(16(2)15-38)34-27(20)39-11-10-29/h8-9,12,16-17,38H,7,11,13-15H2,1-6H3,(H,31,32)/b9-8+/t16-,17-/m0/s1. The molecule has 4 aromatic heterocycles. The van der Waals surface area contributed by atoms with Crippen LogP contribution in [0.25, 0.3) is 34.3 Å². The summed E-state index contributed by atoms with van der Waals surface area (Å²) < 4.78 is 15.9. The van der Waals surface area contributed by atoms with Crippen molar-refractivity contribution in [2.24, 2.45) is 7.05 Å². The smallest absolute Gasteiger partial charge is 0.241 e. The highest BCUT2D eigenvalue weighted by Crippen LogP contribution is 2.36. The van der Waals surface area contributed by atoms with Gasteiger partial charge in [-0.3, -0.25) is 19.7 Å². The lowest BCUT2D eigenvalue weighted by molar-refractivity contribution is 0.132. The molecule has 0 aliphatic carbocycles. The van der Waals surface area contributed by atoms with E-state index in [0.717, 1.165) is 57.0 Å². The number of hydrogen-bond donors (Lipinski definition) is 2. The van der Waals surface area contributed by atoms with E-state index in [-0.39, 0.29) is 25.4 Å². The number of aryl methyl sites for hydroxylation is 3. The lowest BCUT2D eigenvalue weighted by atomic mass is 10.1. The molecule has 40 heavy (non-hydrogen) atoms. The predicted octanol–water partition coefficient (Wildman–Crippen LogP) is 3.40. The van der Waals surface area contributed by atoms with Crippen LogP contribution in [-0.4, -0.2) is 77.2 Å². The Balaban J connectivity index is 1.75. The van der Waals surface area contributed by atoms with Crippen LogP contribution in [0.15, 0.2) is 6.07 Å². The summed E-state index contributed by atoms with van der Waals surface area (Å²) in [5, 5.41) is 37.1. The third kappa shape index (κ3) is 4.94. The summed E-state index contributed by atoms with van der Waals surface area (Å²) in [6.45, 7) is 11.6. The summed E-state index contributed by atoms with van der Waals surface area (Å²) in [4.78, 5) is 7.13. The number of nitriles is 1. The average Bonchev–Trinajstić information content (AvgIpc) is 3.58. The number of H-pyrrole nitrogens is 1. The Morgan fingerprint density at radius 3 is 2.80 bits per heavy atom. The van der Waals surface area contributed by atoms with Gasteiger partial charge in [-0.15, -0.1) is 5.10 Å². The van der Waals surface area contributed by atoms with E-state index in [2.05, 4.69) is 32.2 Å². The number of ether oxygens (including phenoxy) is 2. The second kappa shape index (κ2) is 11.1. The summed E-state index contributed by atoms with van der Waals surface area (Å²) in [6, 6.07) is 3.75. The molecule has 4 aromatic rings. The highest BCUT2D eigenvalue weighted by Gasteiger charge is 2.26. The first kappa shape index (κ1) is 27.4. The Morgan fingerprint density at radius 1 is 1.27 bits per heavy atom. The quantitative estimate of drug-likeness (QED) is 0.386. The number of nitrogens with zero attached hydrogens (tertiary/aromatic N) is 8. The zero-order chi connectivity index (χ0) is 28.6. The number of rotatable bonds is 5. The summed E-state index contributed by atoms with van der Waals surface area (Å²) in [6.07, 6.45) is 3.71. The number of likely N-dealkylation sites (N-methyl/N-ethyl adjacent to an activating group) is 1. The summed E-state index contributed by atoms with van der Waals surface area (Å²) >= 11 is 0. The van der Waals surface area contributed by atoms with Gasteiger partial charge in [0.15, 0.2) is 6.61 Å². The average molecular weight is 546 g/mol. The van der Waals surface area contributed by atoms with Crippen molar-refractivity contribution in [1.82, 2.24) is 39.6 Å². The SMILES string of the molecule is CCN1Cc2c(c(OCC#N)nn2[C@@H](C)CO)/C=C/c2[nH]nc3c(C)nc(cc23)-c2c(C)nn(C)c2O[C@@H](C)C1. The number of fused-ring (bicyclic) bond motifs is 4. The maximum Gasteiger partial charge on any atom is 0.241 e. The first-order valence-corrected chi connectivity index (χ1v) is 13.4. The molecule has 0 saturated carbocycles. The minimum atomic E-state index is -0.291. The van der Waals surface area contributed by atoms with Crippen LogP contribution in [-0.2, 0) is 13.6 Å². The molecule has 2 bridgehead atoms. The number of aliphatic hydroxyl groups is 1. The van der Waals surface area contributed by atoms with Gasteiger partial charge in [0.2, 0.25) is 11.8 Å². The lowest BCUT2D eigenvalue weighted by Gasteiger charge is -2.26. The number of nitrogens with one attached hydrogen (secondary N) is 1. The van der Waals surface area contributed by atoms with Gasteiger partial charge in [0.25, 0.3) is 0 Å². The molecule has 0 saturated heterocycles. The highest BCUT2D eigenvalue weighted by atomic mass is 16.5. The lowest BCUT2D eigenvalue weighted by Crippen LogP contribution is -2.35. The molecule has 5 rings (SSSR count). The number of hydrogen-bond acceptors (Lipinski definition) is 9. The zero-order valence-electron chi connectivity index (χ0n) is 23.8. The molecule has 0 unspecified atom stereocenters. The van der Waals surface area contributed by atoms with E-state index in [1.165, 1.54) is 0 Å². The second-order valence-electron chi connectivity index (χ2n) is 10.2. The number of aromatic nitrogens is 7. The maximum atomic E-state index is 10.0. The van der Waals surface area contributed by atoms with Crippen LogP contribution in [0.1, 0.15) is 55.2 Å². The van der Waals surface area contributed by atoms with Gasteiger partial charge in [0.05, 0.1) is 52.2 Å². The van der Waals surface area contributed by atoms with Gasteiger partial charge in [0, 0.05) is 25.5 Å². The van der Waals surface area contributed by atoms with E-state index in [1.807, 2.05) is 59.0 Å². The topological polar surface area (TPSA) is 143 Å². The highest BCUT2D eigenvalue weighted by molar-refractivity contribution is 5.93. The first-order valence-electron chi connectivity index (χ1n) is 13.4. The van der Waals surface area contributed by atoms with Crippen LogP contribution in [0.4, 0.5) is 0 Å². The van der Waals surface area contributed by atoms with Gasteiger partial charge in [-0.05, 0) is 52.5 Å². The van der Waals surface area contributed by atoms with Crippen molar-refractivity contribution >= 4 is 23.1 Å². The molecule has 2 N–H and O–H groups in total. The molecule has 1 aliphatic rings. The van der Waals surface area contributed by atoms with Gasteiger partial charge < -0.3 is 14.6 Å². The molecule has 0 spiro atoms. The van der Waals surface area contributed by atoms with E-state index in [4.69, 9.17) is 14.5 Å². The van der Waals surface area contributed by atoms with Crippen molar-refractivity contribution in [3.63, 3.8) is 0 Å².